The lowest BCUT2D eigenvalue weighted by Gasteiger charge is -2.48. The van der Waals surface area contributed by atoms with Crippen LogP contribution in [0.25, 0.3) is 49.8 Å². The second-order valence-corrected chi connectivity index (χ2v) is 31.5. The highest BCUT2D eigenvalue weighted by Gasteiger charge is 2.60. The lowest BCUT2D eigenvalue weighted by atomic mass is 9.62. The van der Waals surface area contributed by atoms with Crippen molar-refractivity contribution in [3.8, 4) is 39.5 Å². The largest absolute Gasteiger partial charge is 0.484 e. The Morgan fingerprint density at radius 2 is 0.939 bits per heavy atom. The van der Waals surface area contributed by atoms with Crippen molar-refractivity contribution in [2.24, 2.45) is 0 Å². The zero-order valence-corrected chi connectivity index (χ0v) is 57.5. The number of benzene rings is 12. The standard InChI is InChI=1S/C93H75N3O3/c1-89(2,3)54-38-42-56(43-39-54)94(58-46-48-68-64(50-58)60-24-11-15-28-66(60)91(68,7)8)76-52-72-84(87-82(76)62-26-13-20-34-78(62)98-87)85-73(93(72)70-30-17-18-32-74(70)96-75-33-19-22-36-80(75)97-81-37-23-31-71(93)86(81)96)53-77(83-63-27-14-21-35-79(63)99-88(83)85)95(57-44-40-55(41-45-57)90(4,5)6)59-47-49-69-65(51-59)61-25-12-16-29-67(61)92(69,9)10/h11-53,82,87H,1-10H3. The average Bonchev–Trinajstić information content (AvgIpc) is 1.48. The van der Waals surface area contributed by atoms with E-state index >= 15 is 0 Å². The summed E-state index contributed by atoms with van der Waals surface area (Å²) in [4.78, 5) is 7.60. The minimum absolute atomic E-state index is 0.0716. The number of nitrogens with zero attached hydrogens (tertiary/aromatic N) is 3. The first kappa shape index (κ1) is 58.1. The quantitative estimate of drug-likeness (QED) is 0.165. The Morgan fingerprint density at radius 3 is 1.60 bits per heavy atom. The fraction of sp³-hybridized carbons (Fsp3) is 0.183. The van der Waals surface area contributed by atoms with Crippen LogP contribution in [0.5, 0.6) is 17.2 Å². The van der Waals surface area contributed by atoms with Gasteiger partial charge in [0.1, 0.15) is 23.0 Å². The third kappa shape index (κ3) is 7.83. The highest BCUT2D eigenvalue weighted by atomic mass is 16.5. The smallest absolute Gasteiger partial charge is 0.151 e. The molecule has 1 spiro atoms. The summed E-state index contributed by atoms with van der Waals surface area (Å²) in [6, 6.07) is 95.8. The molecular weight excluding hydrogens is 1210 g/mol. The molecule has 3 aliphatic heterocycles. The first-order valence-corrected chi connectivity index (χ1v) is 35.2. The van der Waals surface area contributed by atoms with E-state index in [1.165, 1.54) is 55.6 Å². The zero-order chi connectivity index (χ0) is 67.0. The monoisotopic (exact) mass is 1280 g/mol. The molecule has 99 heavy (non-hydrogen) atoms. The molecule has 480 valence electrons. The molecule has 3 atom stereocenters. The Labute approximate surface area is 579 Å². The lowest BCUT2D eigenvalue weighted by Crippen LogP contribution is -2.39. The van der Waals surface area contributed by atoms with E-state index in [0.29, 0.717) is 0 Å². The second-order valence-electron chi connectivity index (χ2n) is 31.5. The average molecular weight is 1280 g/mol. The van der Waals surface area contributed by atoms with Crippen molar-refractivity contribution in [2.45, 2.75) is 108 Å². The van der Waals surface area contributed by atoms with E-state index in [2.05, 4.69) is 345 Å². The van der Waals surface area contributed by atoms with E-state index in [1.54, 1.807) is 0 Å². The maximum atomic E-state index is 7.93. The third-order valence-corrected chi connectivity index (χ3v) is 23.3. The molecule has 12 aromatic carbocycles. The molecule has 6 nitrogen and oxygen atoms in total. The van der Waals surface area contributed by atoms with Gasteiger partial charge in [0, 0.05) is 61.4 Å². The van der Waals surface area contributed by atoms with Gasteiger partial charge >= 0.3 is 0 Å². The SMILES string of the molecule is CC(C)(C)c1ccc(N(C2=CC3=C(c4c(cc(N(c5ccc(C(C)(C)C)cc5)c5ccc6c(c5)-c5ccccc5C6(C)C)c5c4oc4ccccc45)C34c3ccccc3N3c5ccccc5Oc5cccc4c53)C3Oc4ccccc4C23)c2ccc3c(c2)-c2ccccc2C3(C)C)cc1. The second kappa shape index (κ2) is 20.0. The first-order valence-electron chi connectivity index (χ1n) is 35.2. The summed E-state index contributed by atoms with van der Waals surface area (Å²) in [5.41, 5.74) is 30.4. The molecule has 20 rings (SSSR count). The Bertz CT molecular complexity index is 5750. The van der Waals surface area contributed by atoms with Crippen LogP contribution in [-0.4, -0.2) is 6.10 Å². The Morgan fingerprint density at radius 1 is 0.424 bits per heavy atom. The molecule has 0 saturated heterocycles. The van der Waals surface area contributed by atoms with Gasteiger partial charge in [-0.3, -0.25) is 0 Å². The number of anilines is 8. The van der Waals surface area contributed by atoms with Crippen molar-refractivity contribution in [3.63, 3.8) is 0 Å². The molecule has 1 aromatic heterocycles. The molecule has 0 bridgehead atoms. The van der Waals surface area contributed by atoms with Crippen molar-refractivity contribution in [3.05, 3.63) is 333 Å². The van der Waals surface area contributed by atoms with Crippen LogP contribution in [0.1, 0.15) is 136 Å². The highest BCUT2D eigenvalue weighted by molar-refractivity contribution is 6.19. The normalized spacial score (nSPS) is 18.6. The summed E-state index contributed by atoms with van der Waals surface area (Å²) in [7, 11) is 0. The van der Waals surface area contributed by atoms with E-state index in [0.717, 1.165) is 129 Å². The van der Waals surface area contributed by atoms with Gasteiger partial charge in [-0.15, -0.1) is 0 Å². The number of rotatable bonds is 6. The maximum absolute atomic E-state index is 7.93. The molecule has 4 heterocycles. The molecule has 0 fully saturated rings. The van der Waals surface area contributed by atoms with E-state index in [9.17, 15) is 0 Å². The Kier molecular flexibility index (Phi) is 11.8. The van der Waals surface area contributed by atoms with Gasteiger partial charge in [0.15, 0.2) is 11.5 Å². The van der Waals surface area contributed by atoms with Crippen LogP contribution in [-0.2, 0) is 27.1 Å². The summed E-state index contributed by atoms with van der Waals surface area (Å²) in [6.45, 7) is 23.3. The number of hydrogen-bond acceptors (Lipinski definition) is 6. The van der Waals surface area contributed by atoms with Gasteiger partial charge in [0.05, 0.1) is 39.5 Å². The van der Waals surface area contributed by atoms with Crippen LogP contribution in [0.4, 0.5) is 45.5 Å². The molecule has 0 radical (unpaired) electrons. The van der Waals surface area contributed by atoms with Crippen molar-refractivity contribution < 1.29 is 13.9 Å². The predicted octanol–water partition coefficient (Wildman–Crippen LogP) is 24.5. The van der Waals surface area contributed by atoms with Crippen molar-refractivity contribution in [2.75, 3.05) is 14.7 Å². The van der Waals surface area contributed by atoms with Crippen molar-refractivity contribution >= 4 is 73.0 Å². The number of hydrogen-bond donors (Lipinski definition) is 0. The predicted molar refractivity (Wildman–Crippen MR) is 406 cm³/mol. The first-order chi connectivity index (χ1) is 47.9. The van der Waals surface area contributed by atoms with Gasteiger partial charge < -0.3 is 28.6 Å². The topological polar surface area (TPSA) is 41.3 Å². The van der Waals surface area contributed by atoms with E-state index in [-0.39, 0.29) is 27.6 Å². The molecule has 0 N–H and O–H groups in total. The summed E-state index contributed by atoms with van der Waals surface area (Å²) < 4.78 is 23.0. The number of ether oxygens (including phenoxy) is 2. The molecule has 7 aliphatic rings. The minimum atomic E-state index is -1.04. The van der Waals surface area contributed by atoms with Gasteiger partial charge in [-0.2, -0.15) is 0 Å². The van der Waals surface area contributed by atoms with E-state index < -0.39 is 11.5 Å². The number of fused-ring (bicyclic) bond motifs is 24. The molecular formula is C93H75N3O3. The molecule has 6 heteroatoms. The van der Waals surface area contributed by atoms with Crippen molar-refractivity contribution in [1.82, 2.24) is 0 Å². The van der Waals surface area contributed by atoms with Crippen LogP contribution in [0.2, 0.25) is 0 Å². The fourth-order valence-corrected chi connectivity index (χ4v) is 18.6. The van der Waals surface area contributed by atoms with Crippen LogP contribution in [0.15, 0.2) is 277 Å². The Hall–Kier alpha value is -11.1. The van der Waals surface area contributed by atoms with Crippen LogP contribution < -0.4 is 24.2 Å². The number of furan rings is 1. The van der Waals surface area contributed by atoms with E-state index in [1.807, 2.05) is 0 Å². The summed E-state index contributed by atoms with van der Waals surface area (Å²) in [5.74, 6) is 2.20. The summed E-state index contributed by atoms with van der Waals surface area (Å²) >= 11 is 0. The van der Waals surface area contributed by atoms with Gasteiger partial charge in [-0.1, -0.05) is 233 Å². The Balaban J connectivity index is 0.939. The van der Waals surface area contributed by atoms with Crippen LogP contribution in [0, 0.1) is 0 Å². The van der Waals surface area contributed by atoms with Crippen molar-refractivity contribution in [1.29, 1.82) is 0 Å². The van der Waals surface area contributed by atoms with Crippen LogP contribution in [0.3, 0.4) is 0 Å². The van der Waals surface area contributed by atoms with Crippen LogP contribution >= 0.6 is 0 Å². The fourth-order valence-electron chi connectivity index (χ4n) is 18.6. The number of allylic oxidation sites excluding steroid dienone is 2. The number of para-hydroxylation sites is 6. The molecule has 0 saturated carbocycles. The van der Waals surface area contributed by atoms with E-state index in [4.69, 9.17) is 13.9 Å². The molecule has 4 aliphatic carbocycles. The van der Waals surface area contributed by atoms with Gasteiger partial charge in [-0.05, 0) is 186 Å². The maximum Gasteiger partial charge on any atom is 0.151 e. The molecule has 0 amide bonds. The van der Waals surface area contributed by atoms with Gasteiger partial charge in [-0.25, -0.2) is 0 Å². The zero-order valence-electron chi connectivity index (χ0n) is 57.5. The van der Waals surface area contributed by atoms with Gasteiger partial charge in [0.2, 0.25) is 0 Å². The molecule has 13 aromatic rings. The third-order valence-electron chi connectivity index (χ3n) is 23.3. The summed E-state index contributed by atoms with van der Waals surface area (Å²) in [6.07, 6.45) is 2.09. The summed E-state index contributed by atoms with van der Waals surface area (Å²) in [5, 5.41) is 2.08. The minimum Gasteiger partial charge on any atom is -0.484 e. The highest BCUT2D eigenvalue weighted by Crippen LogP contribution is 2.71. The molecule has 3 unspecified atom stereocenters. The van der Waals surface area contributed by atoms with Gasteiger partial charge in [0.25, 0.3) is 0 Å². The lowest BCUT2D eigenvalue weighted by molar-refractivity contribution is 0.273.